The third kappa shape index (κ3) is 3.28. The maximum Gasteiger partial charge on any atom is 0.335 e. The summed E-state index contributed by atoms with van der Waals surface area (Å²) in [5.41, 5.74) is 2.24. The topological polar surface area (TPSA) is 49.3 Å². The van der Waals surface area contributed by atoms with E-state index in [0.29, 0.717) is 17.5 Å². The first-order valence-electron chi connectivity index (χ1n) is 7.08. The molecular formula is C16H23NO2. The van der Waals surface area contributed by atoms with Gasteiger partial charge in [0.2, 0.25) is 0 Å². The third-order valence-electron chi connectivity index (χ3n) is 4.24. The fraction of sp³-hybridized carbons (Fsp3) is 0.562. The molecule has 3 heteroatoms. The Morgan fingerprint density at radius 2 is 2.05 bits per heavy atom. The number of hydrogen-bond acceptors (Lipinski definition) is 2. The molecule has 1 fully saturated rings. The molecule has 3 unspecified atom stereocenters. The number of aromatic carboxylic acids is 1. The Labute approximate surface area is 115 Å². The molecule has 1 aliphatic rings. The van der Waals surface area contributed by atoms with Gasteiger partial charge in [-0.2, -0.15) is 0 Å². The summed E-state index contributed by atoms with van der Waals surface area (Å²) in [5.74, 6) is 0.635. The number of carboxylic acids is 1. The van der Waals surface area contributed by atoms with Crippen LogP contribution in [0.1, 0.15) is 49.0 Å². The molecule has 1 saturated carbocycles. The van der Waals surface area contributed by atoms with Crippen molar-refractivity contribution < 1.29 is 9.90 Å². The maximum absolute atomic E-state index is 11.0. The second-order valence-electron chi connectivity index (χ2n) is 5.98. The minimum absolute atomic E-state index is 0.385. The molecule has 3 nitrogen and oxygen atoms in total. The molecule has 2 N–H and O–H groups in total. The highest BCUT2D eigenvalue weighted by Gasteiger charge is 2.25. The van der Waals surface area contributed by atoms with Crippen LogP contribution in [0.2, 0.25) is 0 Å². The van der Waals surface area contributed by atoms with Crippen molar-refractivity contribution in [2.75, 3.05) is 5.32 Å². The first-order chi connectivity index (χ1) is 8.97. The minimum Gasteiger partial charge on any atom is -0.478 e. The van der Waals surface area contributed by atoms with E-state index in [4.69, 9.17) is 5.11 Å². The molecule has 0 radical (unpaired) electrons. The van der Waals surface area contributed by atoms with Crippen LogP contribution >= 0.6 is 0 Å². The van der Waals surface area contributed by atoms with Crippen molar-refractivity contribution in [3.8, 4) is 0 Å². The predicted molar refractivity (Wildman–Crippen MR) is 77.7 cm³/mol. The molecular weight excluding hydrogens is 238 g/mol. The Bertz CT molecular complexity index is 470. The van der Waals surface area contributed by atoms with E-state index in [1.54, 1.807) is 6.07 Å². The molecule has 1 aliphatic carbocycles. The lowest BCUT2D eigenvalue weighted by Gasteiger charge is -2.34. The number of carboxylic acid groups (broad SMARTS) is 1. The van der Waals surface area contributed by atoms with Gasteiger partial charge in [0.15, 0.2) is 0 Å². The average Bonchev–Trinajstić information content (AvgIpc) is 2.32. The fourth-order valence-corrected chi connectivity index (χ4v) is 3.09. The highest BCUT2D eigenvalue weighted by molar-refractivity contribution is 5.89. The van der Waals surface area contributed by atoms with Crippen molar-refractivity contribution in [3.63, 3.8) is 0 Å². The van der Waals surface area contributed by atoms with E-state index in [1.165, 1.54) is 19.3 Å². The first-order valence-corrected chi connectivity index (χ1v) is 7.08. The van der Waals surface area contributed by atoms with Gasteiger partial charge in [0.1, 0.15) is 0 Å². The summed E-state index contributed by atoms with van der Waals surface area (Å²) in [5, 5.41) is 12.6. The van der Waals surface area contributed by atoms with Gasteiger partial charge in [-0.1, -0.05) is 13.8 Å². The van der Waals surface area contributed by atoms with Gasteiger partial charge in [0, 0.05) is 11.7 Å². The van der Waals surface area contributed by atoms with Crippen LogP contribution in [0.25, 0.3) is 0 Å². The number of aryl methyl sites for hydroxylation is 1. The molecule has 0 amide bonds. The quantitative estimate of drug-likeness (QED) is 0.866. The molecule has 104 valence electrons. The zero-order valence-corrected chi connectivity index (χ0v) is 11.9. The highest BCUT2D eigenvalue weighted by atomic mass is 16.4. The molecule has 0 aliphatic heterocycles. The van der Waals surface area contributed by atoms with E-state index in [-0.39, 0.29) is 0 Å². The molecule has 0 heterocycles. The maximum atomic E-state index is 11.0. The van der Waals surface area contributed by atoms with Crippen LogP contribution in [-0.4, -0.2) is 17.1 Å². The number of carbonyl (C=O) groups is 1. The SMILES string of the molecule is Cc1cc(NC2CCC(C)CC2C)ccc1C(=O)O. The van der Waals surface area contributed by atoms with Crippen LogP contribution in [0.3, 0.4) is 0 Å². The summed E-state index contributed by atoms with van der Waals surface area (Å²) < 4.78 is 0. The summed E-state index contributed by atoms with van der Waals surface area (Å²) >= 11 is 0. The highest BCUT2D eigenvalue weighted by Crippen LogP contribution is 2.31. The average molecular weight is 261 g/mol. The fourth-order valence-electron chi connectivity index (χ4n) is 3.09. The van der Waals surface area contributed by atoms with Crippen LogP contribution < -0.4 is 5.32 Å². The van der Waals surface area contributed by atoms with Gasteiger partial charge in [-0.25, -0.2) is 4.79 Å². The van der Waals surface area contributed by atoms with Crippen molar-refractivity contribution in [2.24, 2.45) is 11.8 Å². The van der Waals surface area contributed by atoms with E-state index in [1.807, 2.05) is 19.1 Å². The van der Waals surface area contributed by atoms with Crippen molar-refractivity contribution >= 4 is 11.7 Å². The van der Waals surface area contributed by atoms with Crippen LogP contribution in [0.5, 0.6) is 0 Å². The standard InChI is InChI=1S/C16H23NO2/c1-10-4-7-15(12(3)8-10)17-13-5-6-14(16(18)19)11(2)9-13/h5-6,9-10,12,15,17H,4,7-8H2,1-3H3,(H,18,19). The molecule has 3 atom stereocenters. The van der Waals surface area contributed by atoms with Gasteiger partial charge in [0.25, 0.3) is 0 Å². The van der Waals surface area contributed by atoms with Crippen molar-refractivity contribution in [3.05, 3.63) is 29.3 Å². The molecule has 0 saturated heterocycles. The molecule has 0 bridgehead atoms. The zero-order valence-electron chi connectivity index (χ0n) is 11.9. The lowest BCUT2D eigenvalue weighted by atomic mass is 9.80. The van der Waals surface area contributed by atoms with Gasteiger partial charge in [-0.05, 0) is 61.8 Å². The summed E-state index contributed by atoms with van der Waals surface area (Å²) in [6.07, 6.45) is 3.74. The van der Waals surface area contributed by atoms with Crippen LogP contribution in [-0.2, 0) is 0 Å². The molecule has 1 aromatic carbocycles. The lowest BCUT2D eigenvalue weighted by molar-refractivity contribution is 0.0696. The van der Waals surface area contributed by atoms with Gasteiger partial charge >= 0.3 is 5.97 Å². The third-order valence-corrected chi connectivity index (χ3v) is 4.24. The van der Waals surface area contributed by atoms with Crippen molar-refractivity contribution in [2.45, 2.75) is 46.1 Å². The van der Waals surface area contributed by atoms with Crippen LogP contribution in [0.4, 0.5) is 5.69 Å². The van der Waals surface area contributed by atoms with Gasteiger partial charge in [0.05, 0.1) is 5.56 Å². The van der Waals surface area contributed by atoms with E-state index in [9.17, 15) is 4.79 Å². The Hall–Kier alpha value is -1.51. The Kier molecular flexibility index (Phi) is 4.13. The summed E-state index contributed by atoms with van der Waals surface area (Å²) in [4.78, 5) is 11.0. The number of benzene rings is 1. The molecule has 2 rings (SSSR count). The zero-order chi connectivity index (χ0) is 14.0. The van der Waals surface area contributed by atoms with Gasteiger partial charge in [-0.3, -0.25) is 0 Å². The van der Waals surface area contributed by atoms with Gasteiger partial charge in [-0.15, -0.1) is 0 Å². The van der Waals surface area contributed by atoms with Crippen LogP contribution in [0.15, 0.2) is 18.2 Å². The summed E-state index contributed by atoms with van der Waals surface area (Å²) in [6, 6.07) is 6.01. The predicted octanol–water partition coefficient (Wildman–Crippen LogP) is 3.93. The minimum atomic E-state index is -0.857. The summed E-state index contributed by atoms with van der Waals surface area (Å²) in [6.45, 7) is 6.46. The Balaban J connectivity index is 2.07. The van der Waals surface area contributed by atoms with Crippen molar-refractivity contribution in [1.82, 2.24) is 0 Å². The number of anilines is 1. The molecule has 0 spiro atoms. The Morgan fingerprint density at radius 3 is 2.63 bits per heavy atom. The smallest absolute Gasteiger partial charge is 0.335 e. The van der Waals surface area contributed by atoms with E-state index in [2.05, 4.69) is 19.2 Å². The largest absolute Gasteiger partial charge is 0.478 e. The lowest BCUT2D eigenvalue weighted by Crippen LogP contribution is -2.33. The van der Waals surface area contributed by atoms with Gasteiger partial charge < -0.3 is 10.4 Å². The Morgan fingerprint density at radius 1 is 1.32 bits per heavy atom. The second-order valence-corrected chi connectivity index (χ2v) is 5.98. The van der Waals surface area contributed by atoms with E-state index >= 15 is 0 Å². The number of hydrogen-bond donors (Lipinski definition) is 2. The molecule has 1 aromatic rings. The van der Waals surface area contributed by atoms with Crippen molar-refractivity contribution in [1.29, 1.82) is 0 Å². The van der Waals surface area contributed by atoms with Crippen LogP contribution in [0, 0.1) is 18.8 Å². The molecule has 19 heavy (non-hydrogen) atoms. The normalized spacial score (nSPS) is 27.0. The summed E-state index contributed by atoms with van der Waals surface area (Å²) in [7, 11) is 0. The first kappa shape index (κ1) is 13.9. The van der Waals surface area contributed by atoms with E-state index in [0.717, 1.165) is 17.2 Å². The monoisotopic (exact) mass is 261 g/mol. The number of nitrogens with one attached hydrogen (secondary N) is 1. The molecule has 0 aromatic heterocycles. The van der Waals surface area contributed by atoms with E-state index < -0.39 is 5.97 Å². The second kappa shape index (κ2) is 5.64. The number of rotatable bonds is 3.